The van der Waals surface area contributed by atoms with Crippen LogP contribution in [-0.4, -0.2) is 7.15 Å². The molecular formula is H9BP6. The predicted octanol–water partition coefficient (Wildman–Crippen LogP) is 2.38. The second kappa shape index (κ2) is 5.43. The molecule has 0 rings (SSSR count). The molecule has 5 unspecified atom stereocenters. The Morgan fingerprint density at radius 3 is 2.14 bits per heavy atom. The summed E-state index contributed by atoms with van der Waals surface area (Å²) in [5.41, 5.74) is 0. The van der Waals surface area contributed by atoms with Crippen LogP contribution in [0.3, 0.4) is 0 Å². The molecular weight excluding hydrogens is 197 g/mol. The van der Waals surface area contributed by atoms with Crippen LogP contribution in [0.5, 0.6) is 0 Å². The SMILES string of the molecule is [2H]P(P)B(P)P(P)P. The number of hydrogen-bond acceptors (Lipinski definition) is 0. The summed E-state index contributed by atoms with van der Waals surface area (Å²) in [5.74, 6) is 0.472. The summed E-state index contributed by atoms with van der Waals surface area (Å²) in [6.45, 7) is 0. The van der Waals surface area contributed by atoms with Gasteiger partial charge in [-0.05, 0) is 0 Å². The van der Waals surface area contributed by atoms with Crippen LogP contribution in [0.2, 0.25) is 0 Å². The Hall–Kier alpha value is 2.64. The maximum absolute atomic E-state index is 7.31. The maximum atomic E-state index is 7.31. The van der Waals surface area contributed by atoms with Gasteiger partial charge < -0.3 is 0 Å². The minimum Gasteiger partial charge on any atom is -0.160 e. The van der Waals surface area contributed by atoms with Crippen molar-refractivity contribution >= 4 is 57.0 Å². The lowest BCUT2D eigenvalue weighted by Crippen LogP contribution is -1.75. The van der Waals surface area contributed by atoms with Crippen LogP contribution in [0.25, 0.3) is 0 Å². The van der Waals surface area contributed by atoms with E-state index in [1.807, 2.05) is 0 Å². The summed E-state index contributed by atoms with van der Waals surface area (Å²) in [6.07, 6.45) is 0. The summed E-state index contributed by atoms with van der Waals surface area (Å²) in [6, 6.07) is 0. The van der Waals surface area contributed by atoms with E-state index < -0.39 is 8.09 Å². The lowest BCUT2D eigenvalue weighted by atomic mass is 10.7. The van der Waals surface area contributed by atoms with E-state index in [-0.39, 0.29) is 7.18 Å². The highest BCUT2D eigenvalue weighted by Crippen LogP contribution is 2.63. The molecule has 0 aromatic carbocycles. The molecule has 0 heterocycles. The van der Waals surface area contributed by atoms with Crippen molar-refractivity contribution in [1.29, 1.82) is 1.28 Å². The molecule has 0 amide bonds. The first-order chi connectivity index (χ1) is 3.55. The summed E-state index contributed by atoms with van der Waals surface area (Å²) in [4.78, 5) is 0. The topological polar surface area (TPSA) is 0 Å². The third-order valence-corrected chi connectivity index (χ3v) is 12.4. The van der Waals surface area contributed by atoms with Crippen molar-refractivity contribution in [2.45, 2.75) is 0 Å². The Labute approximate surface area is 58.8 Å². The van der Waals surface area contributed by atoms with E-state index in [0.717, 1.165) is 0 Å². The standard InChI is InChI=1S/BH9P6/c2-1(6-3)7(4)5/h6H,2-5H2/i6D. The van der Waals surface area contributed by atoms with Crippen molar-refractivity contribution < 1.29 is 0 Å². The van der Waals surface area contributed by atoms with Crippen LogP contribution in [0.1, 0.15) is 0 Å². The van der Waals surface area contributed by atoms with Gasteiger partial charge in [-0.1, -0.05) is 7.18 Å². The smallest absolute Gasteiger partial charge is 0.160 e. The lowest BCUT2D eigenvalue weighted by molar-refractivity contribution is 4.35. The molecule has 7 heavy (non-hydrogen) atoms. The van der Waals surface area contributed by atoms with Gasteiger partial charge in [-0.25, -0.2) is 0 Å². The van der Waals surface area contributed by atoms with Crippen molar-refractivity contribution in [3.8, 4) is 0 Å². The summed E-state index contributed by atoms with van der Waals surface area (Å²) >= 11 is 0. The van der Waals surface area contributed by atoms with Crippen molar-refractivity contribution in [1.82, 2.24) is 0 Å². The molecule has 0 saturated carbocycles. The van der Waals surface area contributed by atoms with Crippen LogP contribution < -0.4 is 0 Å². The third kappa shape index (κ3) is 5.11. The van der Waals surface area contributed by atoms with E-state index in [2.05, 4.69) is 35.9 Å². The average Bonchev–Trinajstić information content (AvgIpc) is 1.64. The van der Waals surface area contributed by atoms with E-state index in [1.165, 1.54) is 0 Å². The zero-order valence-corrected chi connectivity index (χ0v) is 10.2. The minimum atomic E-state index is -0.584. The molecule has 0 saturated heterocycles. The highest BCUT2D eigenvalue weighted by atomic mass is 32.4. The van der Waals surface area contributed by atoms with Gasteiger partial charge in [0.2, 0.25) is 5.87 Å². The van der Waals surface area contributed by atoms with Gasteiger partial charge in [0.1, 0.15) is 0 Å². The first-order valence-corrected chi connectivity index (χ1v) is 9.52. The van der Waals surface area contributed by atoms with Gasteiger partial charge in [-0.15, -0.1) is 34.9 Å². The summed E-state index contributed by atoms with van der Waals surface area (Å²) in [5, 5.41) is 0. The molecule has 0 spiro atoms. The van der Waals surface area contributed by atoms with E-state index in [1.54, 1.807) is 0 Å². The second-order valence-corrected chi connectivity index (χ2v) is 11.8. The zero-order valence-electron chi connectivity index (χ0n) is 4.78. The number of rotatable bonds is 2. The van der Waals surface area contributed by atoms with Crippen LogP contribution >= 0.6 is 51.2 Å². The fourth-order valence-electron chi connectivity index (χ4n) is 0.0770. The highest BCUT2D eigenvalue weighted by Gasteiger charge is 2.07. The van der Waals surface area contributed by atoms with Gasteiger partial charge in [0.25, 0.3) is 0 Å². The van der Waals surface area contributed by atoms with Crippen molar-refractivity contribution in [2.75, 3.05) is 0 Å². The largest absolute Gasteiger partial charge is 0.231 e. The number of hydrogen-bond donors (Lipinski definition) is 0. The van der Waals surface area contributed by atoms with E-state index >= 15 is 0 Å². The lowest BCUT2D eigenvalue weighted by Gasteiger charge is -2.06. The predicted molar refractivity (Wildman–Crippen MR) is 59.8 cm³/mol. The normalized spacial score (nSPS) is 16.4. The highest BCUT2D eigenvalue weighted by molar-refractivity contribution is 8.70. The Morgan fingerprint density at radius 1 is 1.71 bits per heavy atom. The molecule has 0 aromatic rings. The molecule has 42 valence electrons. The van der Waals surface area contributed by atoms with Crippen LogP contribution in [-0.2, 0) is 0 Å². The second-order valence-electron chi connectivity index (χ2n) is 1.01. The molecule has 0 fully saturated rings. The van der Waals surface area contributed by atoms with Gasteiger partial charge in [-0.2, -0.15) is 9.12 Å². The molecule has 0 bridgehead atoms. The minimum absolute atomic E-state index is 0.0844. The fourth-order valence-corrected chi connectivity index (χ4v) is 6.24. The molecule has 0 aliphatic heterocycles. The van der Waals surface area contributed by atoms with E-state index in [9.17, 15) is 0 Å². The van der Waals surface area contributed by atoms with Crippen LogP contribution in [0.15, 0.2) is 0 Å². The molecule has 0 aromatic heterocycles. The maximum Gasteiger partial charge on any atom is 0.231 e. The Morgan fingerprint density at radius 2 is 2.14 bits per heavy atom. The Balaban J connectivity index is 3.46. The van der Waals surface area contributed by atoms with Gasteiger partial charge in [0.05, 0.1) is 1.28 Å². The van der Waals surface area contributed by atoms with Crippen LogP contribution in [0.4, 0.5) is 0 Å². The molecule has 5 atom stereocenters. The van der Waals surface area contributed by atoms with Gasteiger partial charge >= 0.3 is 0 Å². The Bertz CT molecular complexity index is 53.5. The van der Waals surface area contributed by atoms with Gasteiger partial charge in [-0.3, -0.25) is 0 Å². The molecule has 0 aliphatic rings. The van der Waals surface area contributed by atoms with Crippen molar-refractivity contribution in [3.63, 3.8) is 0 Å². The molecule has 0 aliphatic carbocycles. The third-order valence-electron chi connectivity index (χ3n) is 0.458. The molecule has 0 nitrogen and oxygen atoms in total. The van der Waals surface area contributed by atoms with E-state index in [4.69, 9.17) is 1.28 Å². The molecule has 0 radical (unpaired) electrons. The van der Waals surface area contributed by atoms with Crippen molar-refractivity contribution in [2.24, 2.45) is 0 Å². The van der Waals surface area contributed by atoms with E-state index in [0.29, 0.717) is 5.87 Å². The average molecular weight is 207 g/mol. The first-order valence-electron chi connectivity index (χ1n) is 2.07. The molecule has 7 heteroatoms. The molecule has 0 N–H and O–H groups in total. The zero-order chi connectivity index (χ0) is 6.73. The monoisotopic (exact) mass is 207 g/mol. The van der Waals surface area contributed by atoms with Gasteiger partial charge in [0.15, 0.2) is 0 Å². The quantitative estimate of drug-likeness (QED) is 0.481. The fraction of sp³-hybridized carbons (Fsp3) is 0. The Kier molecular flexibility index (Phi) is 6.01. The summed E-state index contributed by atoms with van der Waals surface area (Å²) in [7, 11) is 10.0. The summed E-state index contributed by atoms with van der Waals surface area (Å²) < 4.78 is 7.31. The van der Waals surface area contributed by atoms with Crippen LogP contribution in [0, 0.1) is 0 Å². The first kappa shape index (κ1) is 7.75. The van der Waals surface area contributed by atoms with Gasteiger partial charge in [0, 0.05) is 0 Å². The van der Waals surface area contributed by atoms with Crippen molar-refractivity contribution in [3.05, 3.63) is 0 Å².